The van der Waals surface area contributed by atoms with Crippen molar-refractivity contribution in [3.63, 3.8) is 0 Å². The number of rotatable bonds is 3. The van der Waals surface area contributed by atoms with E-state index in [9.17, 15) is 0 Å². The first-order valence-electron chi connectivity index (χ1n) is 6.06. The van der Waals surface area contributed by atoms with Crippen LogP contribution < -0.4 is 4.74 Å². The lowest BCUT2D eigenvalue weighted by Crippen LogP contribution is -2.23. The van der Waals surface area contributed by atoms with E-state index in [1.54, 1.807) is 6.08 Å². The molecule has 98 valence electrons. The molecular formula is C14H16N4O. The zero-order valence-corrected chi connectivity index (χ0v) is 11.3. The van der Waals surface area contributed by atoms with Crippen LogP contribution in [-0.4, -0.2) is 20.6 Å². The third-order valence-corrected chi connectivity index (χ3v) is 2.45. The van der Waals surface area contributed by atoms with Gasteiger partial charge in [0.15, 0.2) is 0 Å². The van der Waals surface area contributed by atoms with Crippen LogP contribution in [0.2, 0.25) is 0 Å². The smallest absolute Gasteiger partial charge is 0.226 e. The summed E-state index contributed by atoms with van der Waals surface area (Å²) in [6.45, 7) is 5.93. The molecule has 0 saturated heterocycles. The molecule has 19 heavy (non-hydrogen) atoms. The number of hydrogen-bond donors (Lipinski definition) is 1. The Labute approximate surface area is 111 Å². The predicted molar refractivity (Wildman–Crippen MR) is 72.7 cm³/mol. The molecule has 0 saturated carbocycles. The highest BCUT2D eigenvalue weighted by molar-refractivity contribution is 5.84. The normalized spacial score (nSPS) is 11.9. The summed E-state index contributed by atoms with van der Waals surface area (Å²) >= 11 is 0. The molecular weight excluding hydrogens is 240 g/mol. The molecule has 5 nitrogen and oxygen atoms in total. The number of hydrogen-bond acceptors (Lipinski definition) is 4. The predicted octanol–water partition coefficient (Wildman–Crippen LogP) is 2.76. The van der Waals surface area contributed by atoms with Gasteiger partial charge in [0.1, 0.15) is 17.6 Å². The largest absolute Gasteiger partial charge is 0.471 e. The monoisotopic (exact) mass is 256 g/mol. The summed E-state index contributed by atoms with van der Waals surface area (Å²) in [6, 6.07) is 1.98. The van der Waals surface area contributed by atoms with Crippen LogP contribution in [0.3, 0.4) is 0 Å². The lowest BCUT2D eigenvalue weighted by atomic mass is 10.1. The summed E-state index contributed by atoms with van der Waals surface area (Å²) in [6.07, 6.45) is 7.26. The van der Waals surface area contributed by atoms with Crippen molar-refractivity contribution in [3.05, 3.63) is 30.2 Å². The van der Waals surface area contributed by atoms with Gasteiger partial charge in [-0.3, -0.25) is 0 Å². The second-order valence-electron chi connectivity index (χ2n) is 5.17. The minimum atomic E-state index is -0.321. The van der Waals surface area contributed by atoms with Crippen molar-refractivity contribution < 1.29 is 4.74 Å². The number of ether oxygens (including phenoxy) is 1. The van der Waals surface area contributed by atoms with E-state index in [0.29, 0.717) is 12.3 Å². The van der Waals surface area contributed by atoms with Gasteiger partial charge in [0.25, 0.3) is 0 Å². The second-order valence-corrected chi connectivity index (χ2v) is 5.17. The third-order valence-electron chi connectivity index (χ3n) is 2.45. The first-order chi connectivity index (χ1) is 9.01. The average molecular weight is 256 g/mol. The molecule has 2 aromatic heterocycles. The van der Waals surface area contributed by atoms with E-state index >= 15 is 0 Å². The first-order valence-corrected chi connectivity index (χ1v) is 6.06. The van der Waals surface area contributed by atoms with Crippen LogP contribution in [0.25, 0.3) is 11.0 Å². The molecule has 0 fully saturated rings. The van der Waals surface area contributed by atoms with Crippen LogP contribution in [0.4, 0.5) is 0 Å². The van der Waals surface area contributed by atoms with Gasteiger partial charge >= 0.3 is 0 Å². The molecule has 5 heteroatoms. The summed E-state index contributed by atoms with van der Waals surface area (Å²) in [5, 5.41) is 9.40. The molecule has 0 aliphatic rings. The number of fused-ring (bicyclic) bond motifs is 1. The maximum atomic E-state index is 8.52. The highest BCUT2D eigenvalue weighted by Gasteiger charge is 2.17. The van der Waals surface area contributed by atoms with Gasteiger partial charge in [-0.15, -0.1) is 0 Å². The lowest BCUT2D eigenvalue weighted by molar-refractivity contribution is 0.126. The number of nitrogens with one attached hydrogen (secondary N) is 1. The molecule has 0 unspecified atom stereocenters. The number of allylic oxidation sites excluding steroid dienone is 2. The molecule has 2 aromatic rings. The maximum absolute atomic E-state index is 8.52. The Morgan fingerprint density at radius 2 is 2.21 bits per heavy atom. The Kier molecular flexibility index (Phi) is 3.52. The van der Waals surface area contributed by atoms with Crippen molar-refractivity contribution in [2.45, 2.75) is 32.8 Å². The van der Waals surface area contributed by atoms with Crippen LogP contribution in [0, 0.1) is 11.3 Å². The summed E-state index contributed by atoms with van der Waals surface area (Å²) in [5.74, 6) is 0.569. The Morgan fingerprint density at radius 3 is 2.89 bits per heavy atom. The van der Waals surface area contributed by atoms with E-state index in [4.69, 9.17) is 10.00 Å². The summed E-state index contributed by atoms with van der Waals surface area (Å²) in [7, 11) is 0. The van der Waals surface area contributed by atoms with Crippen LogP contribution in [0.15, 0.2) is 24.7 Å². The van der Waals surface area contributed by atoms with Crippen LogP contribution in [-0.2, 0) is 6.42 Å². The fourth-order valence-corrected chi connectivity index (χ4v) is 1.76. The molecule has 0 aromatic carbocycles. The van der Waals surface area contributed by atoms with E-state index in [1.165, 1.54) is 12.4 Å². The maximum Gasteiger partial charge on any atom is 0.226 e. The SMILES string of the molecule is CC(C)(C)Oc1ncnc2[nH]cc(C/C=C\C#N)c12. The van der Waals surface area contributed by atoms with Gasteiger partial charge in [-0.25, -0.2) is 9.97 Å². The van der Waals surface area contributed by atoms with Gasteiger partial charge in [0, 0.05) is 12.3 Å². The van der Waals surface area contributed by atoms with E-state index in [1.807, 2.05) is 33.0 Å². The molecule has 0 aliphatic heterocycles. The van der Waals surface area contributed by atoms with Crippen molar-refractivity contribution in [2.75, 3.05) is 0 Å². The quantitative estimate of drug-likeness (QED) is 0.857. The molecule has 0 atom stereocenters. The molecule has 2 heterocycles. The summed E-state index contributed by atoms with van der Waals surface area (Å²) < 4.78 is 5.86. The van der Waals surface area contributed by atoms with Crippen molar-refractivity contribution in [2.24, 2.45) is 0 Å². The Morgan fingerprint density at radius 1 is 1.42 bits per heavy atom. The minimum Gasteiger partial charge on any atom is -0.471 e. The van der Waals surface area contributed by atoms with Gasteiger partial charge < -0.3 is 9.72 Å². The van der Waals surface area contributed by atoms with E-state index in [-0.39, 0.29) is 5.60 Å². The van der Waals surface area contributed by atoms with Gasteiger partial charge in [-0.2, -0.15) is 5.26 Å². The van der Waals surface area contributed by atoms with Crippen LogP contribution in [0.1, 0.15) is 26.3 Å². The van der Waals surface area contributed by atoms with Crippen LogP contribution >= 0.6 is 0 Å². The topological polar surface area (TPSA) is 74.6 Å². The number of aromatic nitrogens is 3. The fraction of sp³-hybridized carbons (Fsp3) is 0.357. The molecule has 1 N–H and O–H groups in total. The average Bonchev–Trinajstić information content (AvgIpc) is 2.72. The lowest BCUT2D eigenvalue weighted by Gasteiger charge is -2.20. The Hall–Kier alpha value is -2.35. The molecule has 2 rings (SSSR count). The zero-order chi connectivity index (χ0) is 13.9. The van der Waals surface area contributed by atoms with E-state index < -0.39 is 0 Å². The van der Waals surface area contributed by atoms with Crippen molar-refractivity contribution in [1.82, 2.24) is 15.0 Å². The standard InChI is InChI=1S/C14H16N4O/c1-14(2,3)19-13-11-10(6-4-5-7-15)8-16-12(11)17-9-18-13/h4-5,8-9H,6H2,1-3H3,(H,16,17,18)/b5-4-. The van der Waals surface area contributed by atoms with E-state index in [0.717, 1.165) is 16.6 Å². The van der Waals surface area contributed by atoms with Crippen molar-refractivity contribution >= 4 is 11.0 Å². The third kappa shape index (κ3) is 3.10. The fourth-order valence-electron chi connectivity index (χ4n) is 1.76. The number of nitriles is 1. The molecule has 0 aliphatic carbocycles. The number of H-pyrrole nitrogens is 1. The molecule has 0 bridgehead atoms. The van der Waals surface area contributed by atoms with Crippen molar-refractivity contribution in [3.8, 4) is 11.9 Å². The minimum absolute atomic E-state index is 0.321. The van der Waals surface area contributed by atoms with Gasteiger partial charge in [0.05, 0.1) is 11.5 Å². The molecule has 0 spiro atoms. The highest BCUT2D eigenvalue weighted by Crippen LogP contribution is 2.28. The second kappa shape index (κ2) is 5.11. The van der Waals surface area contributed by atoms with Crippen LogP contribution in [0.5, 0.6) is 5.88 Å². The van der Waals surface area contributed by atoms with Gasteiger partial charge in [0.2, 0.25) is 5.88 Å². The number of nitrogens with zero attached hydrogens (tertiary/aromatic N) is 3. The molecule has 0 amide bonds. The van der Waals surface area contributed by atoms with Gasteiger partial charge in [-0.05, 0) is 32.8 Å². The highest BCUT2D eigenvalue weighted by atomic mass is 16.5. The number of aromatic amines is 1. The summed E-state index contributed by atoms with van der Waals surface area (Å²) in [5.41, 5.74) is 1.44. The van der Waals surface area contributed by atoms with Gasteiger partial charge in [-0.1, -0.05) is 6.08 Å². The first kappa shape index (κ1) is 13.1. The Bertz CT molecular complexity index is 643. The van der Waals surface area contributed by atoms with E-state index in [2.05, 4.69) is 15.0 Å². The summed E-state index contributed by atoms with van der Waals surface area (Å²) in [4.78, 5) is 11.5. The molecule has 0 radical (unpaired) electrons. The van der Waals surface area contributed by atoms with Crippen molar-refractivity contribution in [1.29, 1.82) is 5.26 Å². The zero-order valence-electron chi connectivity index (χ0n) is 11.3. The Balaban J connectivity index is 2.44.